The predicted molar refractivity (Wildman–Crippen MR) is 73.2 cm³/mol. The summed E-state index contributed by atoms with van der Waals surface area (Å²) in [7, 11) is 0. The van der Waals surface area contributed by atoms with E-state index in [4.69, 9.17) is 28.3 Å². The van der Waals surface area contributed by atoms with Gasteiger partial charge in [-0.05, 0) is 29.3 Å². The molecule has 0 heterocycles. The van der Waals surface area contributed by atoms with Crippen LogP contribution in [-0.4, -0.2) is 11.1 Å². The fourth-order valence-corrected chi connectivity index (χ4v) is 2.26. The quantitative estimate of drug-likeness (QED) is 0.910. The van der Waals surface area contributed by atoms with Crippen LogP contribution in [0.15, 0.2) is 36.4 Å². The number of hydrogen-bond donors (Lipinski definition) is 1. The van der Waals surface area contributed by atoms with E-state index in [2.05, 4.69) is 0 Å². The third-order valence-corrected chi connectivity index (χ3v) is 3.18. The van der Waals surface area contributed by atoms with Crippen molar-refractivity contribution in [2.45, 2.75) is 6.42 Å². The van der Waals surface area contributed by atoms with E-state index in [-0.39, 0.29) is 12.0 Å². The fourth-order valence-electron chi connectivity index (χ4n) is 1.74. The highest BCUT2D eigenvalue weighted by atomic mass is 35.5. The monoisotopic (exact) mass is 298 g/mol. The first kappa shape index (κ1) is 13.8. The first-order valence-electron chi connectivity index (χ1n) is 5.43. The van der Waals surface area contributed by atoms with E-state index in [1.54, 1.807) is 24.3 Å². The Morgan fingerprint density at radius 2 is 1.89 bits per heavy atom. The van der Waals surface area contributed by atoms with Gasteiger partial charge in [-0.25, -0.2) is 4.39 Å². The Morgan fingerprint density at radius 3 is 2.47 bits per heavy atom. The zero-order valence-corrected chi connectivity index (χ0v) is 11.2. The number of carbonyl (C=O) groups is 1. The molecule has 0 aliphatic rings. The van der Waals surface area contributed by atoms with Crippen LogP contribution in [0.3, 0.4) is 0 Å². The van der Waals surface area contributed by atoms with E-state index in [0.717, 1.165) is 0 Å². The first-order valence-corrected chi connectivity index (χ1v) is 6.18. The summed E-state index contributed by atoms with van der Waals surface area (Å²) >= 11 is 11.8. The van der Waals surface area contributed by atoms with Crippen molar-refractivity contribution >= 4 is 29.2 Å². The molecule has 0 saturated heterocycles. The minimum atomic E-state index is -1.07. The summed E-state index contributed by atoms with van der Waals surface area (Å²) < 4.78 is 13.8. The highest BCUT2D eigenvalue weighted by Crippen LogP contribution is 2.31. The molecule has 0 aliphatic heterocycles. The van der Waals surface area contributed by atoms with Crippen molar-refractivity contribution < 1.29 is 14.3 Å². The van der Waals surface area contributed by atoms with Gasteiger partial charge in [0.05, 0.1) is 6.42 Å². The molecule has 2 aromatic carbocycles. The second-order valence-electron chi connectivity index (χ2n) is 4.00. The number of benzene rings is 2. The molecule has 0 aliphatic carbocycles. The third kappa shape index (κ3) is 3.25. The molecule has 2 nitrogen and oxygen atoms in total. The lowest BCUT2D eigenvalue weighted by molar-refractivity contribution is -0.136. The standard InChI is InChI=1S/C14H9Cl2FO2/c15-10-3-4-11(12(16)7-10)8-1-2-9(6-14(18)19)13(17)5-8/h1-5,7H,6H2,(H,18,19). The summed E-state index contributed by atoms with van der Waals surface area (Å²) in [6, 6.07) is 9.28. The Labute approximate surface area is 119 Å². The number of hydrogen-bond acceptors (Lipinski definition) is 1. The van der Waals surface area contributed by atoms with Crippen molar-refractivity contribution in [2.24, 2.45) is 0 Å². The van der Waals surface area contributed by atoms with Crippen LogP contribution < -0.4 is 0 Å². The van der Waals surface area contributed by atoms with Gasteiger partial charge in [-0.1, -0.05) is 41.4 Å². The maximum absolute atomic E-state index is 13.8. The van der Waals surface area contributed by atoms with Crippen LogP contribution in [0, 0.1) is 5.82 Å². The van der Waals surface area contributed by atoms with Crippen molar-refractivity contribution in [2.75, 3.05) is 0 Å². The van der Waals surface area contributed by atoms with Gasteiger partial charge < -0.3 is 5.11 Å². The summed E-state index contributed by atoms with van der Waals surface area (Å²) in [4.78, 5) is 10.6. The Morgan fingerprint density at radius 1 is 1.16 bits per heavy atom. The summed E-state index contributed by atoms with van der Waals surface area (Å²) in [5.74, 6) is -1.64. The highest BCUT2D eigenvalue weighted by molar-refractivity contribution is 6.36. The average Bonchev–Trinajstić information content (AvgIpc) is 2.31. The number of aliphatic carboxylic acids is 1. The van der Waals surface area contributed by atoms with Crippen molar-refractivity contribution in [3.05, 3.63) is 57.8 Å². The number of carboxylic acids is 1. The normalized spacial score (nSPS) is 10.5. The van der Waals surface area contributed by atoms with Crippen molar-refractivity contribution in [1.29, 1.82) is 0 Å². The van der Waals surface area contributed by atoms with Gasteiger partial charge in [0.1, 0.15) is 5.82 Å². The SMILES string of the molecule is O=C(O)Cc1ccc(-c2ccc(Cl)cc2Cl)cc1F. The van der Waals surface area contributed by atoms with Gasteiger partial charge in [-0.2, -0.15) is 0 Å². The molecule has 2 rings (SSSR count). The molecule has 0 spiro atoms. The largest absolute Gasteiger partial charge is 0.481 e. The van der Waals surface area contributed by atoms with Gasteiger partial charge in [0.25, 0.3) is 0 Å². The molecule has 0 atom stereocenters. The number of halogens is 3. The Balaban J connectivity index is 2.41. The van der Waals surface area contributed by atoms with E-state index in [0.29, 0.717) is 21.2 Å². The maximum atomic E-state index is 13.8. The number of carboxylic acid groups (broad SMARTS) is 1. The molecule has 1 N–H and O–H groups in total. The molecule has 0 radical (unpaired) electrons. The van der Waals surface area contributed by atoms with Crippen LogP contribution in [0.4, 0.5) is 4.39 Å². The van der Waals surface area contributed by atoms with Crippen molar-refractivity contribution in [3.63, 3.8) is 0 Å². The lowest BCUT2D eigenvalue weighted by atomic mass is 10.0. The topological polar surface area (TPSA) is 37.3 Å². The van der Waals surface area contributed by atoms with Gasteiger partial charge in [-0.3, -0.25) is 4.79 Å². The van der Waals surface area contributed by atoms with Gasteiger partial charge in [0.15, 0.2) is 0 Å². The molecule has 19 heavy (non-hydrogen) atoms. The lowest BCUT2D eigenvalue weighted by Crippen LogP contribution is -2.02. The van der Waals surface area contributed by atoms with E-state index in [1.165, 1.54) is 12.1 Å². The summed E-state index contributed by atoms with van der Waals surface area (Å²) in [5, 5.41) is 9.56. The zero-order chi connectivity index (χ0) is 14.0. The van der Waals surface area contributed by atoms with E-state index in [9.17, 15) is 9.18 Å². The average molecular weight is 299 g/mol. The summed E-state index contributed by atoms with van der Waals surface area (Å²) in [6.45, 7) is 0. The molecule has 0 aromatic heterocycles. The van der Waals surface area contributed by atoms with Crippen molar-refractivity contribution in [3.8, 4) is 11.1 Å². The van der Waals surface area contributed by atoms with Crippen LogP contribution in [0.5, 0.6) is 0 Å². The minimum absolute atomic E-state index is 0.140. The Hall–Kier alpha value is -1.58. The van der Waals surface area contributed by atoms with Crippen LogP contribution >= 0.6 is 23.2 Å². The Bertz CT molecular complexity index is 641. The molecule has 0 amide bonds. The van der Waals surface area contributed by atoms with Crippen LogP contribution in [0.2, 0.25) is 10.0 Å². The molecule has 98 valence electrons. The van der Waals surface area contributed by atoms with Crippen LogP contribution in [0.25, 0.3) is 11.1 Å². The van der Waals surface area contributed by atoms with Crippen LogP contribution in [-0.2, 0) is 11.2 Å². The Kier molecular flexibility index (Phi) is 4.08. The van der Waals surface area contributed by atoms with E-state index < -0.39 is 11.8 Å². The lowest BCUT2D eigenvalue weighted by Gasteiger charge is -2.07. The fraction of sp³-hybridized carbons (Fsp3) is 0.0714. The van der Waals surface area contributed by atoms with Crippen molar-refractivity contribution in [1.82, 2.24) is 0 Å². The summed E-state index contributed by atoms with van der Waals surface area (Å²) in [6.07, 6.45) is -0.347. The zero-order valence-electron chi connectivity index (χ0n) is 9.66. The highest BCUT2D eigenvalue weighted by Gasteiger charge is 2.10. The maximum Gasteiger partial charge on any atom is 0.307 e. The number of rotatable bonds is 3. The van der Waals surface area contributed by atoms with E-state index >= 15 is 0 Å². The molecule has 5 heteroatoms. The second kappa shape index (κ2) is 5.59. The molecule has 0 unspecified atom stereocenters. The molecular weight excluding hydrogens is 290 g/mol. The van der Waals surface area contributed by atoms with E-state index in [1.807, 2.05) is 0 Å². The molecule has 0 bridgehead atoms. The smallest absolute Gasteiger partial charge is 0.307 e. The third-order valence-electron chi connectivity index (χ3n) is 2.64. The summed E-state index contributed by atoms with van der Waals surface area (Å²) in [5.41, 5.74) is 1.36. The van der Waals surface area contributed by atoms with Gasteiger partial charge in [0, 0.05) is 15.6 Å². The first-order chi connectivity index (χ1) is 8.97. The van der Waals surface area contributed by atoms with Crippen LogP contribution in [0.1, 0.15) is 5.56 Å². The van der Waals surface area contributed by atoms with Gasteiger partial charge in [0.2, 0.25) is 0 Å². The molecule has 0 saturated carbocycles. The molecular formula is C14H9Cl2FO2. The minimum Gasteiger partial charge on any atom is -0.481 e. The predicted octanol–water partition coefficient (Wildman–Crippen LogP) is 4.43. The molecule has 0 fully saturated rings. The van der Waals surface area contributed by atoms with Gasteiger partial charge >= 0.3 is 5.97 Å². The van der Waals surface area contributed by atoms with Gasteiger partial charge in [-0.15, -0.1) is 0 Å². The second-order valence-corrected chi connectivity index (χ2v) is 4.84. The molecule has 2 aromatic rings.